The summed E-state index contributed by atoms with van der Waals surface area (Å²) in [6.07, 6.45) is -1.89. The van der Waals surface area contributed by atoms with Crippen molar-refractivity contribution < 1.29 is 10.2 Å². The zero-order valence-corrected chi connectivity index (χ0v) is 8.01. The van der Waals surface area contributed by atoms with Crippen molar-refractivity contribution in [3.63, 3.8) is 0 Å². The molecule has 0 amide bonds. The van der Waals surface area contributed by atoms with Gasteiger partial charge in [-0.25, -0.2) is 4.98 Å². The van der Waals surface area contributed by atoms with Gasteiger partial charge in [0.1, 0.15) is 11.9 Å². The van der Waals surface area contributed by atoms with Crippen molar-refractivity contribution >= 4 is 5.82 Å². The van der Waals surface area contributed by atoms with Crippen molar-refractivity contribution in [1.29, 1.82) is 0 Å². The average molecular weight is 197 g/mol. The molecule has 0 saturated carbocycles. The van der Waals surface area contributed by atoms with Crippen molar-refractivity contribution in [3.05, 3.63) is 23.9 Å². The molecule has 1 rings (SSSR count). The summed E-state index contributed by atoms with van der Waals surface area (Å²) >= 11 is 0. The van der Waals surface area contributed by atoms with Gasteiger partial charge in [-0.1, -0.05) is 6.07 Å². The summed E-state index contributed by atoms with van der Waals surface area (Å²) in [6, 6.07) is 4.94. The maximum atomic E-state index is 9.64. The van der Waals surface area contributed by atoms with Crippen LogP contribution < -0.4 is 11.1 Å². The Hall–Kier alpha value is -1.17. The second-order valence-electron chi connectivity index (χ2n) is 3.06. The minimum atomic E-state index is -1.01. The van der Waals surface area contributed by atoms with E-state index in [0.717, 1.165) is 0 Å². The van der Waals surface area contributed by atoms with E-state index < -0.39 is 12.2 Å². The lowest BCUT2D eigenvalue weighted by molar-refractivity contribution is 0.0178. The molecular weight excluding hydrogens is 182 g/mol. The van der Waals surface area contributed by atoms with E-state index in [9.17, 15) is 10.2 Å². The molecule has 5 heteroatoms. The molecule has 5 nitrogen and oxygen atoms in total. The third-order valence-corrected chi connectivity index (χ3v) is 1.87. The number of likely N-dealkylation sites (N-methyl/N-ethyl adjacent to an activating group) is 1. The number of anilines is 1. The first kappa shape index (κ1) is 10.9. The third kappa shape index (κ3) is 2.66. The van der Waals surface area contributed by atoms with Gasteiger partial charge in [0.05, 0.1) is 11.8 Å². The van der Waals surface area contributed by atoms with Crippen LogP contribution in [0.4, 0.5) is 5.82 Å². The molecule has 2 atom stereocenters. The van der Waals surface area contributed by atoms with Crippen LogP contribution in [0, 0.1) is 0 Å². The molecule has 1 heterocycles. The quantitative estimate of drug-likeness (QED) is 0.511. The van der Waals surface area contributed by atoms with E-state index in [1.807, 2.05) is 0 Å². The van der Waals surface area contributed by atoms with Crippen LogP contribution in [-0.2, 0) is 0 Å². The number of nitrogens with zero attached hydrogens (tertiary/aromatic N) is 1. The monoisotopic (exact) mass is 197 g/mol. The van der Waals surface area contributed by atoms with Gasteiger partial charge >= 0.3 is 0 Å². The number of nitrogens with two attached hydrogens (primary N) is 1. The highest BCUT2D eigenvalue weighted by molar-refractivity contribution is 5.29. The maximum absolute atomic E-state index is 9.64. The van der Waals surface area contributed by atoms with E-state index in [1.165, 1.54) is 0 Å². The molecular formula is C9H15N3O2. The molecule has 0 aliphatic carbocycles. The number of rotatable bonds is 4. The lowest BCUT2D eigenvalue weighted by Gasteiger charge is -2.16. The van der Waals surface area contributed by atoms with E-state index in [0.29, 0.717) is 18.1 Å². The standard InChI is InChI=1S/C9H15N3O2/c1-11-5-7(13)9(14)6-3-2-4-8(10)12-6/h2-4,7,9,11,13-14H,5H2,1H3,(H2,10,12). The number of pyridine rings is 1. The Labute approximate surface area is 82.6 Å². The highest BCUT2D eigenvalue weighted by atomic mass is 16.3. The second kappa shape index (κ2) is 4.90. The first-order valence-electron chi connectivity index (χ1n) is 4.38. The summed E-state index contributed by atoms with van der Waals surface area (Å²) in [5.41, 5.74) is 5.83. The summed E-state index contributed by atoms with van der Waals surface area (Å²) in [5, 5.41) is 21.9. The van der Waals surface area contributed by atoms with Gasteiger partial charge in [0.15, 0.2) is 0 Å². The van der Waals surface area contributed by atoms with Crippen molar-refractivity contribution in [3.8, 4) is 0 Å². The highest BCUT2D eigenvalue weighted by Crippen LogP contribution is 2.14. The van der Waals surface area contributed by atoms with E-state index in [-0.39, 0.29) is 0 Å². The highest BCUT2D eigenvalue weighted by Gasteiger charge is 2.18. The summed E-state index contributed by atoms with van der Waals surface area (Å²) in [6.45, 7) is 0.303. The molecule has 0 spiro atoms. The Kier molecular flexibility index (Phi) is 3.82. The van der Waals surface area contributed by atoms with Gasteiger partial charge in [-0.2, -0.15) is 0 Å². The van der Waals surface area contributed by atoms with E-state index in [4.69, 9.17) is 5.73 Å². The van der Waals surface area contributed by atoms with Crippen LogP contribution >= 0.6 is 0 Å². The number of aliphatic hydroxyl groups is 2. The largest absolute Gasteiger partial charge is 0.389 e. The van der Waals surface area contributed by atoms with E-state index >= 15 is 0 Å². The fourth-order valence-corrected chi connectivity index (χ4v) is 1.15. The number of hydrogen-bond donors (Lipinski definition) is 4. The van der Waals surface area contributed by atoms with Gasteiger partial charge in [-0.05, 0) is 19.2 Å². The molecule has 0 saturated heterocycles. The van der Waals surface area contributed by atoms with Gasteiger partial charge in [0.25, 0.3) is 0 Å². The average Bonchev–Trinajstić information content (AvgIpc) is 2.17. The predicted molar refractivity (Wildman–Crippen MR) is 53.5 cm³/mol. The lowest BCUT2D eigenvalue weighted by atomic mass is 10.1. The maximum Gasteiger partial charge on any atom is 0.123 e. The van der Waals surface area contributed by atoms with Crippen LogP contribution in [0.25, 0.3) is 0 Å². The second-order valence-corrected chi connectivity index (χ2v) is 3.06. The summed E-state index contributed by atoms with van der Waals surface area (Å²) < 4.78 is 0. The molecule has 5 N–H and O–H groups in total. The van der Waals surface area contributed by atoms with Crippen LogP contribution in [0.3, 0.4) is 0 Å². The van der Waals surface area contributed by atoms with Gasteiger partial charge in [0, 0.05) is 6.54 Å². The molecule has 0 aliphatic heterocycles. The van der Waals surface area contributed by atoms with E-state index in [2.05, 4.69) is 10.3 Å². The fourth-order valence-electron chi connectivity index (χ4n) is 1.15. The molecule has 0 aromatic carbocycles. The molecule has 1 aromatic heterocycles. The molecule has 0 bridgehead atoms. The molecule has 1 aromatic rings. The van der Waals surface area contributed by atoms with E-state index in [1.54, 1.807) is 25.2 Å². The molecule has 0 fully saturated rings. The first-order valence-corrected chi connectivity index (χ1v) is 4.38. The molecule has 0 radical (unpaired) electrons. The summed E-state index contributed by atoms with van der Waals surface area (Å²) in [5.74, 6) is 0.332. The number of nitrogen functional groups attached to an aromatic ring is 1. The minimum Gasteiger partial charge on any atom is -0.389 e. The Morgan fingerprint density at radius 1 is 1.50 bits per heavy atom. The van der Waals surface area contributed by atoms with Crippen LogP contribution in [-0.4, -0.2) is 34.9 Å². The number of hydrogen-bond acceptors (Lipinski definition) is 5. The first-order chi connectivity index (χ1) is 6.65. The van der Waals surface area contributed by atoms with Crippen LogP contribution in [0.15, 0.2) is 18.2 Å². The van der Waals surface area contributed by atoms with Crippen LogP contribution in [0.5, 0.6) is 0 Å². The fraction of sp³-hybridized carbons (Fsp3) is 0.444. The topological polar surface area (TPSA) is 91.4 Å². The van der Waals surface area contributed by atoms with Crippen molar-refractivity contribution in [2.24, 2.45) is 0 Å². The SMILES string of the molecule is CNCC(O)C(O)c1cccc(N)n1. The Morgan fingerprint density at radius 2 is 2.21 bits per heavy atom. The van der Waals surface area contributed by atoms with Gasteiger partial charge in [0.2, 0.25) is 0 Å². The van der Waals surface area contributed by atoms with Gasteiger partial charge < -0.3 is 21.3 Å². The number of nitrogens with one attached hydrogen (secondary N) is 1. The Balaban J connectivity index is 2.73. The van der Waals surface area contributed by atoms with Crippen LogP contribution in [0.2, 0.25) is 0 Å². The van der Waals surface area contributed by atoms with Gasteiger partial charge in [-0.15, -0.1) is 0 Å². The Bertz CT molecular complexity index is 293. The summed E-state index contributed by atoms with van der Waals surface area (Å²) in [7, 11) is 1.70. The molecule has 0 aliphatic rings. The zero-order valence-electron chi connectivity index (χ0n) is 8.01. The van der Waals surface area contributed by atoms with Crippen LogP contribution in [0.1, 0.15) is 11.8 Å². The summed E-state index contributed by atoms with van der Waals surface area (Å²) in [4.78, 5) is 3.92. The van der Waals surface area contributed by atoms with Crippen molar-refractivity contribution in [1.82, 2.24) is 10.3 Å². The normalized spacial score (nSPS) is 15.1. The molecule has 78 valence electrons. The van der Waals surface area contributed by atoms with Gasteiger partial charge in [-0.3, -0.25) is 0 Å². The predicted octanol–water partition coefficient (Wildman–Crippen LogP) is -0.723. The minimum absolute atomic E-state index is 0.303. The third-order valence-electron chi connectivity index (χ3n) is 1.87. The number of aromatic nitrogens is 1. The smallest absolute Gasteiger partial charge is 0.123 e. The zero-order chi connectivity index (χ0) is 10.6. The van der Waals surface area contributed by atoms with Crippen molar-refractivity contribution in [2.75, 3.05) is 19.3 Å². The molecule has 14 heavy (non-hydrogen) atoms. The lowest BCUT2D eigenvalue weighted by Crippen LogP contribution is -2.30. The number of aliphatic hydroxyl groups excluding tert-OH is 2. The Morgan fingerprint density at radius 3 is 2.79 bits per heavy atom. The molecule has 2 unspecified atom stereocenters. The van der Waals surface area contributed by atoms with Crippen molar-refractivity contribution in [2.45, 2.75) is 12.2 Å².